The van der Waals surface area contributed by atoms with Gasteiger partial charge in [0.05, 0.1) is 22.0 Å². The lowest BCUT2D eigenvalue weighted by atomic mass is 9.64. The van der Waals surface area contributed by atoms with E-state index in [1.54, 1.807) is 0 Å². The molecule has 0 bridgehead atoms. The Morgan fingerprint density at radius 2 is 1.25 bits per heavy atom. The van der Waals surface area contributed by atoms with Gasteiger partial charge < -0.3 is 4.74 Å². The number of hydrogen-bond acceptors (Lipinski definition) is 2. The van der Waals surface area contributed by atoms with E-state index >= 15 is 0 Å². The molecule has 0 amide bonds. The van der Waals surface area contributed by atoms with Gasteiger partial charge in [0.1, 0.15) is 17.1 Å². The molecule has 2 aromatic heterocycles. The maximum absolute atomic E-state index is 6.72. The molecule has 0 N–H and O–H groups in total. The van der Waals surface area contributed by atoms with Gasteiger partial charge >= 0.3 is 0 Å². The first-order chi connectivity index (χ1) is 26.3. The van der Waals surface area contributed by atoms with Crippen molar-refractivity contribution in [1.82, 2.24) is 9.38 Å². The third-order valence-corrected chi connectivity index (χ3v) is 11.9. The van der Waals surface area contributed by atoms with Crippen molar-refractivity contribution < 1.29 is 4.74 Å². The van der Waals surface area contributed by atoms with Crippen LogP contribution in [0.5, 0.6) is 11.5 Å². The molecule has 0 radical (unpaired) electrons. The average molecular weight is 677 g/mol. The zero-order valence-corrected chi connectivity index (χ0v) is 28.9. The molecule has 1 atom stereocenters. The molecule has 53 heavy (non-hydrogen) atoms. The number of rotatable bonds is 2. The van der Waals surface area contributed by atoms with E-state index in [0.717, 1.165) is 46.4 Å². The second-order valence-corrected chi connectivity index (χ2v) is 14.6. The summed E-state index contributed by atoms with van der Waals surface area (Å²) in [6, 6.07) is 57.4. The molecule has 7 aromatic carbocycles. The molecule has 12 rings (SSSR count). The van der Waals surface area contributed by atoms with E-state index in [2.05, 4.69) is 174 Å². The van der Waals surface area contributed by atoms with E-state index in [-0.39, 0.29) is 0 Å². The minimum absolute atomic E-state index is 0.444. The van der Waals surface area contributed by atoms with Crippen LogP contribution in [0.3, 0.4) is 0 Å². The number of allylic oxidation sites excluding steroid dienone is 4. The fourth-order valence-corrected chi connectivity index (χ4v) is 9.68. The Bertz CT molecular complexity index is 3110. The van der Waals surface area contributed by atoms with Gasteiger partial charge in [-0.25, -0.2) is 4.98 Å². The first kappa shape index (κ1) is 28.9. The van der Waals surface area contributed by atoms with E-state index in [9.17, 15) is 0 Å². The zero-order chi connectivity index (χ0) is 34.7. The van der Waals surface area contributed by atoms with Crippen LogP contribution in [-0.2, 0) is 5.41 Å². The summed E-state index contributed by atoms with van der Waals surface area (Å²) in [5, 5.41) is 3.59. The van der Waals surface area contributed by atoms with E-state index in [4.69, 9.17) is 9.72 Å². The van der Waals surface area contributed by atoms with Gasteiger partial charge in [-0.2, -0.15) is 0 Å². The van der Waals surface area contributed by atoms with Gasteiger partial charge in [0.25, 0.3) is 0 Å². The fraction of sp³-hybridized carbons (Fsp3) is 0.0600. The summed E-state index contributed by atoms with van der Waals surface area (Å²) >= 11 is 0. The monoisotopic (exact) mass is 676 g/mol. The van der Waals surface area contributed by atoms with Gasteiger partial charge in [0.15, 0.2) is 0 Å². The Labute approximate surface area is 306 Å². The molecule has 0 saturated carbocycles. The minimum atomic E-state index is -0.444. The van der Waals surface area contributed by atoms with Crippen LogP contribution >= 0.6 is 0 Å². The van der Waals surface area contributed by atoms with Crippen molar-refractivity contribution in [3.8, 4) is 33.8 Å². The summed E-state index contributed by atoms with van der Waals surface area (Å²) in [7, 11) is 0. The quantitative estimate of drug-likeness (QED) is 0.170. The molecular weight excluding hydrogens is 645 g/mol. The molecule has 3 heterocycles. The van der Waals surface area contributed by atoms with E-state index < -0.39 is 5.41 Å². The van der Waals surface area contributed by atoms with Gasteiger partial charge in [-0.3, -0.25) is 4.40 Å². The number of pyridine rings is 1. The second-order valence-electron chi connectivity index (χ2n) is 14.6. The molecule has 2 aliphatic carbocycles. The Kier molecular flexibility index (Phi) is 5.82. The van der Waals surface area contributed by atoms with Crippen molar-refractivity contribution >= 4 is 43.9 Å². The Balaban J connectivity index is 1.05. The molecule has 1 spiro atoms. The first-order valence-electron chi connectivity index (χ1n) is 18.5. The number of nitrogens with zero attached hydrogens (tertiary/aromatic N) is 2. The number of para-hydroxylation sites is 4. The Hall–Kier alpha value is -6.71. The molecule has 3 aliphatic rings. The maximum Gasteiger partial charge on any atom is 0.146 e. The minimum Gasteiger partial charge on any atom is -0.457 e. The summed E-state index contributed by atoms with van der Waals surface area (Å²) in [6.45, 7) is 0. The zero-order valence-electron chi connectivity index (χ0n) is 28.9. The number of benzene rings is 7. The average Bonchev–Trinajstić information content (AvgIpc) is 3.76. The molecule has 3 heteroatoms. The first-order valence-corrected chi connectivity index (χ1v) is 18.5. The van der Waals surface area contributed by atoms with Gasteiger partial charge in [0.2, 0.25) is 0 Å². The van der Waals surface area contributed by atoms with E-state index in [0.29, 0.717) is 0 Å². The van der Waals surface area contributed by atoms with Crippen LogP contribution in [0.1, 0.15) is 35.1 Å². The van der Waals surface area contributed by atoms with Gasteiger partial charge in [-0.1, -0.05) is 121 Å². The molecule has 0 fully saturated rings. The van der Waals surface area contributed by atoms with Crippen molar-refractivity contribution in [1.29, 1.82) is 0 Å². The standard InChI is InChI=1S/C50H32N2O/c1-4-17-40-36(14-1)37-15-2-5-18-41(37)50(40)42-19-6-10-23-47(42)53-48-27-25-34(30-43(48)50)32-13-11-12-31(28-32)33-24-26-35-38-16-3-8-21-45(38)52-46-22-9-7-20-44(46)51-49(52)39(35)29-33/h1,3-14,16-30H,2,15H2. The third-order valence-electron chi connectivity index (χ3n) is 11.9. The van der Waals surface area contributed by atoms with Crippen LogP contribution in [-0.4, -0.2) is 9.38 Å². The normalized spacial score (nSPS) is 17.0. The van der Waals surface area contributed by atoms with Crippen LogP contribution in [0.4, 0.5) is 0 Å². The molecule has 1 aliphatic heterocycles. The van der Waals surface area contributed by atoms with Crippen LogP contribution < -0.4 is 4.74 Å². The van der Waals surface area contributed by atoms with Crippen molar-refractivity contribution in [2.75, 3.05) is 0 Å². The van der Waals surface area contributed by atoms with Crippen molar-refractivity contribution in [2.24, 2.45) is 0 Å². The lowest BCUT2D eigenvalue weighted by Gasteiger charge is -2.40. The number of aromatic nitrogens is 2. The Morgan fingerprint density at radius 1 is 0.528 bits per heavy atom. The highest BCUT2D eigenvalue weighted by Gasteiger charge is 2.51. The van der Waals surface area contributed by atoms with Crippen LogP contribution in [0.2, 0.25) is 0 Å². The topological polar surface area (TPSA) is 26.5 Å². The molecule has 1 unspecified atom stereocenters. The van der Waals surface area contributed by atoms with Crippen LogP contribution in [0, 0.1) is 0 Å². The largest absolute Gasteiger partial charge is 0.457 e. The van der Waals surface area contributed by atoms with Crippen molar-refractivity contribution in [2.45, 2.75) is 18.3 Å². The number of ether oxygens (including phenoxy) is 1. The summed E-state index contributed by atoms with van der Waals surface area (Å²) in [6.07, 6.45) is 6.85. The molecule has 0 saturated heterocycles. The smallest absolute Gasteiger partial charge is 0.146 e. The van der Waals surface area contributed by atoms with Gasteiger partial charge in [0, 0.05) is 21.9 Å². The van der Waals surface area contributed by atoms with Gasteiger partial charge in [-0.05, 0) is 111 Å². The lowest BCUT2D eigenvalue weighted by molar-refractivity contribution is 0.435. The number of hydrogen-bond donors (Lipinski definition) is 0. The highest BCUT2D eigenvalue weighted by atomic mass is 16.5. The SMILES string of the molecule is C1=CC2=C(CC1)c1ccccc1C21c2ccccc2Oc2ccc(-c3cccc(-c4ccc5c6ccccc6n6c7ccccc7nc6c5c4)c3)cc21. The summed E-state index contributed by atoms with van der Waals surface area (Å²) in [4.78, 5) is 5.17. The predicted octanol–water partition coefficient (Wildman–Crippen LogP) is 12.7. The van der Waals surface area contributed by atoms with Crippen LogP contribution in [0.25, 0.3) is 66.2 Å². The highest BCUT2D eigenvalue weighted by molar-refractivity contribution is 6.14. The van der Waals surface area contributed by atoms with Crippen LogP contribution in [0.15, 0.2) is 175 Å². The summed E-state index contributed by atoms with van der Waals surface area (Å²) < 4.78 is 9.04. The van der Waals surface area contributed by atoms with Gasteiger partial charge in [-0.15, -0.1) is 0 Å². The van der Waals surface area contributed by atoms with E-state index in [1.807, 2.05) is 0 Å². The summed E-state index contributed by atoms with van der Waals surface area (Å²) in [5.41, 5.74) is 16.5. The number of fused-ring (bicyclic) bond motifs is 16. The molecule has 9 aromatic rings. The molecular formula is C50H32N2O. The molecule has 248 valence electrons. The lowest BCUT2D eigenvalue weighted by Crippen LogP contribution is -2.33. The van der Waals surface area contributed by atoms with E-state index in [1.165, 1.54) is 71.9 Å². The predicted molar refractivity (Wildman–Crippen MR) is 217 cm³/mol. The Morgan fingerprint density at radius 3 is 2.17 bits per heavy atom. The van der Waals surface area contributed by atoms with Crippen molar-refractivity contribution in [3.05, 3.63) is 198 Å². The maximum atomic E-state index is 6.72. The number of imidazole rings is 1. The second kappa shape index (κ2) is 10.7. The fourth-order valence-electron chi connectivity index (χ4n) is 9.68. The highest BCUT2D eigenvalue weighted by Crippen LogP contribution is 2.62. The molecule has 3 nitrogen and oxygen atoms in total. The summed E-state index contributed by atoms with van der Waals surface area (Å²) in [5.74, 6) is 1.85. The van der Waals surface area contributed by atoms with Crippen molar-refractivity contribution in [3.63, 3.8) is 0 Å². The third kappa shape index (κ3) is 3.86.